The monoisotopic (exact) mass is 261 g/mol. The van der Waals surface area contributed by atoms with Crippen molar-refractivity contribution in [2.45, 2.75) is 13.0 Å². The van der Waals surface area contributed by atoms with E-state index in [4.69, 9.17) is 15.9 Å². The first-order chi connectivity index (χ1) is 9.04. The summed E-state index contributed by atoms with van der Waals surface area (Å²) in [6, 6.07) is 4.32. The molecule has 2 aromatic rings. The molecule has 2 rings (SSSR count). The molecule has 0 aliphatic carbocycles. The van der Waals surface area contributed by atoms with Gasteiger partial charge in [-0.2, -0.15) is 0 Å². The van der Waals surface area contributed by atoms with Gasteiger partial charge in [0.1, 0.15) is 11.9 Å². The summed E-state index contributed by atoms with van der Waals surface area (Å²) in [7, 11) is 0. The van der Waals surface area contributed by atoms with Gasteiger partial charge in [-0.25, -0.2) is 9.78 Å². The molecule has 1 unspecified atom stereocenters. The average molecular weight is 261 g/mol. The predicted molar refractivity (Wildman–Crippen MR) is 73.0 cm³/mol. The highest BCUT2D eigenvalue weighted by molar-refractivity contribution is 6.01. The van der Waals surface area contributed by atoms with Crippen LogP contribution in [0, 0.1) is 6.92 Å². The van der Waals surface area contributed by atoms with Crippen molar-refractivity contribution in [3.05, 3.63) is 30.0 Å². The number of anilines is 2. The van der Waals surface area contributed by atoms with Crippen LogP contribution in [-0.2, 0) is 4.79 Å². The summed E-state index contributed by atoms with van der Waals surface area (Å²) >= 11 is 0. The molecule has 6 heteroatoms. The Hall–Kier alpha value is -2.34. The Bertz CT molecular complexity index is 628. The molecule has 0 aliphatic heterocycles. The maximum Gasteiger partial charge on any atom is 0.328 e. The van der Waals surface area contributed by atoms with Crippen LogP contribution in [0.4, 0.5) is 11.5 Å². The predicted octanol–water partition coefficient (Wildman–Crippen LogP) is 0.983. The highest BCUT2D eigenvalue weighted by Gasteiger charge is 2.18. The molecule has 0 radical (unpaired) electrons. The molecule has 0 amide bonds. The number of nitrogen functional groups attached to an aromatic ring is 1. The molecule has 0 fully saturated rings. The lowest BCUT2D eigenvalue weighted by Crippen LogP contribution is -2.33. The van der Waals surface area contributed by atoms with Crippen LogP contribution in [0.3, 0.4) is 0 Å². The molecular formula is C13H15N3O3. The minimum Gasteiger partial charge on any atom is -0.480 e. The number of carboxylic acids is 1. The molecule has 6 nitrogen and oxygen atoms in total. The SMILES string of the molecule is Cc1ccc(N)c2ccnc(NC(CO)C(=O)O)c12. The van der Waals surface area contributed by atoms with Crippen LogP contribution >= 0.6 is 0 Å². The number of nitrogens with two attached hydrogens (primary N) is 1. The molecule has 0 bridgehead atoms. The molecule has 1 aromatic heterocycles. The molecular weight excluding hydrogens is 246 g/mol. The van der Waals surface area contributed by atoms with Gasteiger partial charge in [-0.3, -0.25) is 0 Å². The van der Waals surface area contributed by atoms with E-state index in [2.05, 4.69) is 10.3 Å². The van der Waals surface area contributed by atoms with Crippen molar-refractivity contribution in [2.24, 2.45) is 0 Å². The highest BCUT2D eigenvalue weighted by Crippen LogP contribution is 2.29. The van der Waals surface area contributed by atoms with Gasteiger partial charge < -0.3 is 21.3 Å². The van der Waals surface area contributed by atoms with E-state index >= 15 is 0 Å². The Kier molecular flexibility index (Phi) is 3.52. The Morgan fingerprint density at radius 2 is 2.21 bits per heavy atom. The number of hydrogen-bond acceptors (Lipinski definition) is 5. The third kappa shape index (κ3) is 2.43. The van der Waals surface area contributed by atoms with Crippen LogP contribution < -0.4 is 11.1 Å². The van der Waals surface area contributed by atoms with Crippen molar-refractivity contribution in [1.82, 2.24) is 4.98 Å². The molecule has 19 heavy (non-hydrogen) atoms. The number of aliphatic carboxylic acids is 1. The second-order valence-electron chi connectivity index (χ2n) is 4.27. The number of carboxylic acid groups (broad SMARTS) is 1. The zero-order valence-electron chi connectivity index (χ0n) is 10.4. The van der Waals surface area contributed by atoms with Crippen molar-refractivity contribution in [3.63, 3.8) is 0 Å². The second kappa shape index (κ2) is 5.11. The third-order valence-electron chi connectivity index (χ3n) is 2.96. The lowest BCUT2D eigenvalue weighted by atomic mass is 10.0. The number of aromatic nitrogens is 1. The van der Waals surface area contributed by atoms with Gasteiger partial charge in [0.15, 0.2) is 0 Å². The number of fused-ring (bicyclic) bond motifs is 1. The molecule has 1 heterocycles. The van der Waals surface area contributed by atoms with Crippen LogP contribution in [0.25, 0.3) is 10.8 Å². The third-order valence-corrected chi connectivity index (χ3v) is 2.96. The average Bonchev–Trinajstić information content (AvgIpc) is 2.40. The van der Waals surface area contributed by atoms with Gasteiger partial charge in [0.25, 0.3) is 0 Å². The maximum absolute atomic E-state index is 10.9. The van der Waals surface area contributed by atoms with Crippen LogP contribution in [-0.4, -0.2) is 33.8 Å². The summed E-state index contributed by atoms with van der Waals surface area (Å²) in [5, 5.41) is 22.3. The van der Waals surface area contributed by atoms with Crippen molar-refractivity contribution in [2.75, 3.05) is 17.7 Å². The van der Waals surface area contributed by atoms with Crippen molar-refractivity contribution >= 4 is 28.2 Å². The summed E-state index contributed by atoms with van der Waals surface area (Å²) in [5.41, 5.74) is 7.43. The zero-order valence-corrected chi connectivity index (χ0v) is 10.4. The van der Waals surface area contributed by atoms with Gasteiger partial charge in [-0.1, -0.05) is 6.07 Å². The first-order valence-electron chi connectivity index (χ1n) is 5.78. The number of carbonyl (C=O) groups is 1. The normalized spacial score (nSPS) is 12.3. The van der Waals surface area contributed by atoms with Crippen molar-refractivity contribution in [3.8, 4) is 0 Å². The Balaban J connectivity index is 2.55. The quantitative estimate of drug-likeness (QED) is 0.611. The Labute approximate surface area is 109 Å². The van der Waals surface area contributed by atoms with Gasteiger partial charge in [0.2, 0.25) is 0 Å². The van der Waals surface area contributed by atoms with Gasteiger partial charge in [-0.15, -0.1) is 0 Å². The van der Waals surface area contributed by atoms with Gasteiger partial charge in [-0.05, 0) is 24.6 Å². The molecule has 0 aliphatic rings. The van der Waals surface area contributed by atoms with E-state index in [1.54, 1.807) is 18.3 Å². The molecule has 100 valence electrons. The van der Waals surface area contributed by atoms with E-state index < -0.39 is 18.6 Å². The van der Waals surface area contributed by atoms with Crippen molar-refractivity contribution < 1.29 is 15.0 Å². The van der Waals surface area contributed by atoms with Crippen molar-refractivity contribution in [1.29, 1.82) is 0 Å². The first-order valence-corrected chi connectivity index (χ1v) is 5.78. The fraction of sp³-hybridized carbons (Fsp3) is 0.231. The number of aliphatic hydroxyl groups is 1. The number of aliphatic hydroxyl groups excluding tert-OH is 1. The van der Waals surface area contributed by atoms with E-state index in [-0.39, 0.29) is 0 Å². The largest absolute Gasteiger partial charge is 0.480 e. The number of benzene rings is 1. The summed E-state index contributed by atoms with van der Waals surface area (Å²) in [6.07, 6.45) is 1.55. The fourth-order valence-electron chi connectivity index (χ4n) is 1.95. The second-order valence-corrected chi connectivity index (χ2v) is 4.27. The lowest BCUT2D eigenvalue weighted by Gasteiger charge is -2.15. The van der Waals surface area contributed by atoms with E-state index in [0.717, 1.165) is 16.3 Å². The number of nitrogens with one attached hydrogen (secondary N) is 1. The van der Waals surface area contributed by atoms with E-state index in [1.165, 1.54) is 0 Å². The van der Waals surface area contributed by atoms with Crippen LogP contribution in [0.1, 0.15) is 5.56 Å². The Morgan fingerprint density at radius 1 is 1.47 bits per heavy atom. The minimum atomic E-state index is -1.14. The standard InChI is InChI=1S/C13H15N3O3/c1-7-2-3-9(14)8-4-5-15-12(11(7)8)16-10(6-17)13(18)19/h2-5,10,17H,6,14H2,1H3,(H,15,16)(H,18,19). The number of pyridine rings is 1. The summed E-state index contributed by atoms with van der Waals surface area (Å²) in [6.45, 7) is 1.37. The van der Waals surface area contributed by atoms with Crippen LogP contribution in [0.5, 0.6) is 0 Å². The molecule has 0 saturated carbocycles. The fourth-order valence-corrected chi connectivity index (χ4v) is 1.95. The summed E-state index contributed by atoms with van der Waals surface area (Å²) in [4.78, 5) is 15.1. The van der Waals surface area contributed by atoms with Gasteiger partial charge in [0, 0.05) is 22.7 Å². The zero-order chi connectivity index (χ0) is 14.0. The smallest absolute Gasteiger partial charge is 0.328 e. The lowest BCUT2D eigenvalue weighted by molar-refractivity contribution is -0.138. The number of aryl methyl sites for hydroxylation is 1. The van der Waals surface area contributed by atoms with Crippen LogP contribution in [0.15, 0.2) is 24.4 Å². The maximum atomic E-state index is 10.9. The van der Waals surface area contributed by atoms with E-state index in [1.807, 2.05) is 13.0 Å². The first kappa shape index (κ1) is 13.1. The molecule has 1 atom stereocenters. The summed E-state index contributed by atoms with van der Waals surface area (Å²) < 4.78 is 0. The van der Waals surface area contributed by atoms with E-state index in [9.17, 15) is 4.79 Å². The topological polar surface area (TPSA) is 108 Å². The van der Waals surface area contributed by atoms with E-state index in [0.29, 0.717) is 11.5 Å². The van der Waals surface area contributed by atoms with Crippen LogP contribution in [0.2, 0.25) is 0 Å². The molecule has 1 aromatic carbocycles. The van der Waals surface area contributed by atoms with Gasteiger partial charge >= 0.3 is 5.97 Å². The number of hydrogen-bond donors (Lipinski definition) is 4. The molecule has 5 N–H and O–H groups in total. The molecule has 0 spiro atoms. The van der Waals surface area contributed by atoms with Gasteiger partial charge in [0.05, 0.1) is 6.61 Å². The number of rotatable bonds is 4. The Morgan fingerprint density at radius 3 is 2.84 bits per heavy atom. The summed E-state index contributed by atoms with van der Waals surface area (Å²) in [5.74, 6) is -0.730. The number of nitrogens with zero attached hydrogens (tertiary/aromatic N) is 1. The minimum absolute atomic E-state index is 0.406. The molecule has 0 saturated heterocycles. The highest BCUT2D eigenvalue weighted by atomic mass is 16.4.